The molecule has 0 bridgehead atoms. The number of carbonyl (C=O) groups is 3. The summed E-state index contributed by atoms with van der Waals surface area (Å²) in [6.45, 7) is 0. The second-order valence-electron chi connectivity index (χ2n) is 5.94. The standard InChI is InChI=1S/C21H18N2O7/c1-27-17-12-23(15-7-5-4-6-8-15)22-18(17)21(26)30-16-10-13(19(24)28-2)9-14(11-16)20(25)29-3/h4-12H,1-3H3. The highest BCUT2D eigenvalue weighted by molar-refractivity contribution is 5.97. The molecule has 9 nitrogen and oxygen atoms in total. The predicted molar refractivity (Wildman–Crippen MR) is 104 cm³/mol. The van der Waals surface area contributed by atoms with E-state index >= 15 is 0 Å². The molecule has 30 heavy (non-hydrogen) atoms. The lowest BCUT2D eigenvalue weighted by atomic mass is 10.1. The molecule has 154 valence electrons. The molecule has 1 heterocycles. The fourth-order valence-corrected chi connectivity index (χ4v) is 2.65. The van der Waals surface area contributed by atoms with E-state index in [0.717, 1.165) is 5.69 Å². The molecular weight excluding hydrogens is 392 g/mol. The van der Waals surface area contributed by atoms with E-state index in [1.165, 1.54) is 50.4 Å². The Bertz CT molecular complexity index is 1060. The molecule has 0 atom stereocenters. The number of benzene rings is 2. The molecule has 0 amide bonds. The van der Waals surface area contributed by atoms with Gasteiger partial charge in [-0.05, 0) is 30.3 Å². The zero-order valence-corrected chi connectivity index (χ0v) is 16.4. The number of aromatic nitrogens is 2. The monoisotopic (exact) mass is 410 g/mol. The van der Waals surface area contributed by atoms with Gasteiger partial charge in [-0.3, -0.25) is 0 Å². The zero-order valence-electron chi connectivity index (χ0n) is 16.4. The SMILES string of the molecule is COC(=O)c1cc(OC(=O)c2nn(-c3ccccc3)cc2OC)cc(C(=O)OC)c1. The average molecular weight is 410 g/mol. The first-order valence-electron chi connectivity index (χ1n) is 8.69. The summed E-state index contributed by atoms with van der Waals surface area (Å²) in [5.74, 6) is -2.10. The molecule has 0 radical (unpaired) electrons. The molecule has 0 saturated carbocycles. The van der Waals surface area contributed by atoms with E-state index in [-0.39, 0.29) is 28.3 Å². The van der Waals surface area contributed by atoms with Gasteiger partial charge in [0, 0.05) is 0 Å². The highest BCUT2D eigenvalue weighted by atomic mass is 16.5. The number of methoxy groups -OCH3 is 3. The summed E-state index contributed by atoms with van der Waals surface area (Å²) >= 11 is 0. The van der Waals surface area contributed by atoms with Crippen molar-refractivity contribution in [3.63, 3.8) is 0 Å². The van der Waals surface area contributed by atoms with Gasteiger partial charge in [0.25, 0.3) is 0 Å². The number of hydrogen-bond acceptors (Lipinski definition) is 8. The van der Waals surface area contributed by atoms with Crippen molar-refractivity contribution < 1.29 is 33.3 Å². The molecule has 0 aliphatic rings. The fourth-order valence-electron chi connectivity index (χ4n) is 2.65. The third-order valence-electron chi connectivity index (χ3n) is 4.07. The van der Waals surface area contributed by atoms with Gasteiger partial charge >= 0.3 is 17.9 Å². The van der Waals surface area contributed by atoms with E-state index < -0.39 is 17.9 Å². The summed E-state index contributed by atoms with van der Waals surface area (Å²) < 4.78 is 21.4. The molecule has 0 saturated heterocycles. The lowest BCUT2D eigenvalue weighted by Crippen LogP contribution is -2.13. The molecule has 9 heteroatoms. The van der Waals surface area contributed by atoms with Gasteiger partial charge in [0.2, 0.25) is 5.69 Å². The van der Waals surface area contributed by atoms with Crippen LogP contribution >= 0.6 is 0 Å². The highest BCUT2D eigenvalue weighted by Gasteiger charge is 2.22. The normalized spacial score (nSPS) is 10.2. The van der Waals surface area contributed by atoms with Crippen LogP contribution < -0.4 is 9.47 Å². The second kappa shape index (κ2) is 8.91. The molecule has 3 aromatic rings. The van der Waals surface area contributed by atoms with E-state index in [1.54, 1.807) is 0 Å². The number of ether oxygens (including phenoxy) is 4. The van der Waals surface area contributed by atoms with Gasteiger partial charge in [-0.25, -0.2) is 19.1 Å². The highest BCUT2D eigenvalue weighted by Crippen LogP contribution is 2.24. The van der Waals surface area contributed by atoms with E-state index in [4.69, 9.17) is 9.47 Å². The van der Waals surface area contributed by atoms with Gasteiger partial charge in [-0.2, -0.15) is 5.10 Å². The Morgan fingerprint density at radius 1 is 0.833 bits per heavy atom. The van der Waals surface area contributed by atoms with E-state index in [0.29, 0.717) is 0 Å². The Morgan fingerprint density at radius 2 is 1.43 bits per heavy atom. The quantitative estimate of drug-likeness (QED) is 0.451. The van der Waals surface area contributed by atoms with E-state index in [9.17, 15) is 14.4 Å². The molecule has 0 aliphatic heterocycles. The first kappa shape index (κ1) is 20.6. The average Bonchev–Trinajstić information content (AvgIpc) is 3.23. The predicted octanol–water partition coefficient (Wildman–Crippen LogP) is 2.67. The maximum atomic E-state index is 12.7. The minimum atomic E-state index is -0.834. The Kier molecular flexibility index (Phi) is 6.11. The van der Waals surface area contributed by atoms with Crippen LogP contribution in [-0.4, -0.2) is 49.0 Å². The third-order valence-corrected chi connectivity index (χ3v) is 4.07. The van der Waals surface area contributed by atoms with Crippen LogP contribution in [0.5, 0.6) is 11.5 Å². The van der Waals surface area contributed by atoms with Crippen molar-refractivity contribution in [1.82, 2.24) is 9.78 Å². The topological polar surface area (TPSA) is 106 Å². The largest absolute Gasteiger partial charge is 0.493 e. The minimum absolute atomic E-state index is 0.0185. The maximum Gasteiger partial charge on any atom is 0.368 e. The Morgan fingerprint density at radius 3 is 1.97 bits per heavy atom. The van der Waals surface area contributed by atoms with Crippen molar-refractivity contribution in [2.45, 2.75) is 0 Å². The number of esters is 3. The third kappa shape index (κ3) is 4.30. The van der Waals surface area contributed by atoms with Gasteiger partial charge in [0.1, 0.15) is 5.75 Å². The molecule has 3 rings (SSSR count). The minimum Gasteiger partial charge on any atom is -0.493 e. The summed E-state index contributed by atoms with van der Waals surface area (Å²) in [7, 11) is 3.79. The molecule has 0 fully saturated rings. The summed E-state index contributed by atoms with van der Waals surface area (Å²) in [6, 6.07) is 13.0. The number of para-hydroxylation sites is 1. The zero-order chi connectivity index (χ0) is 21.7. The van der Waals surface area contributed by atoms with Crippen LogP contribution in [0.2, 0.25) is 0 Å². The molecule has 0 aliphatic carbocycles. The molecule has 0 unspecified atom stereocenters. The van der Waals surface area contributed by atoms with Gasteiger partial charge in [0.15, 0.2) is 5.75 Å². The first-order chi connectivity index (χ1) is 14.5. The van der Waals surface area contributed by atoms with Crippen molar-refractivity contribution in [2.75, 3.05) is 21.3 Å². The lowest BCUT2D eigenvalue weighted by Gasteiger charge is -2.08. The van der Waals surface area contributed by atoms with Gasteiger partial charge in [-0.15, -0.1) is 0 Å². The molecular formula is C21H18N2O7. The summed E-state index contributed by atoms with van der Waals surface area (Å²) in [6.07, 6.45) is 1.54. The maximum absolute atomic E-state index is 12.7. The number of hydrogen-bond donors (Lipinski definition) is 0. The lowest BCUT2D eigenvalue weighted by molar-refractivity contribution is 0.0592. The Labute approximate surface area is 171 Å². The Balaban J connectivity index is 1.95. The second-order valence-corrected chi connectivity index (χ2v) is 5.94. The van der Waals surface area contributed by atoms with Crippen molar-refractivity contribution >= 4 is 17.9 Å². The van der Waals surface area contributed by atoms with Crippen LogP contribution in [0.3, 0.4) is 0 Å². The van der Waals surface area contributed by atoms with Gasteiger partial charge in [0.05, 0.1) is 44.3 Å². The fraction of sp³-hybridized carbons (Fsp3) is 0.143. The Hall–Kier alpha value is -4.14. The summed E-state index contributed by atoms with van der Waals surface area (Å²) in [5.41, 5.74) is 0.676. The first-order valence-corrected chi connectivity index (χ1v) is 8.69. The number of carbonyl (C=O) groups excluding carboxylic acids is 3. The number of rotatable bonds is 6. The van der Waals surface area contributed by atoms with Gasteiger partial charge in [-0.1, -0.05) is 18.2 Å². The van der Waals surface area contributed by atoms with Crippen LogP contribution in [0.1, 0.15) is 31.2 Å². The van der Waals surface area contributed by atoms with Crippen molar-refractivity contribution in [3.05, 3.63) is 71.5 Å². The van der Waals surface area contributed by atoms with Crippen LogP contribution in [0.4, 0.5) is 0 Å². The van der Waals surface area contributed by atoms with Crippen LogP contribution in [0.25, 0.3) is 5.69 Å². The van der Waals surface area contributed by atoms with Crippen LogP contribution in [0.15, 0.2) is 54.7 Å². The summed E-state index contributed by atoms with van der Waals surface area (Å²) in [5, 5.41) is 4.23. The molecule has 0 N–H and O–H groups in total. The van der Waals surface area contributed by atoms with Crippen molar-refractivity contribution in [1.29, 1.82) is 0 Å². The summed E-state index contributed by atoms with van der Waals surface area (Å²) in [4.78, 5) is 36.5. The smallest absolute Gasteiger partial charge is 0.368 e. The molecule has 0 spiro atoms. The van der Waals surface area contributed by atoms with E-state index in [2.05, 4.69) is 14.6 Å². The van der Waals surface area contributed by atoms with Crippen LogP contribution in [-0.2, 0) is 9.47 Å². The van der Waals surface area contributed by atoms with Gasteiger partial charge < -0.3 is 18.9 Å². The molecule has 2 aromatic carbocycles. The van der Waals surface area contributed by atoms with Crippen LogP contribution in [0, 0.1) is 0 Å². The molecule has 1 aromatic heterocycles. The van der Waals surface area contributed by atoms with Crippen molar-refractivity contribution in [3.8, 4) is 17.2 Å². The van der Waals surface area contributed by atoms with Crippen molar-refractivity contribution in [2.24, 2.45) is 0 Å². The van der Waals surface area contributed by atoms with E-state index in [1.807, 2.05) is 30.3 Å². The number of nitrogens with zero attached hydrogens (tertiary/aromatic N) is 2.